The molecule has 1 N–H and O–H groups in total. The molecule has 5 heteroatoms. The van der Waals surface area contributed by atoms with Crippen molar-refractivity contribution in [2.45, 2.75) is 62.9 Å². The van der Waals surface area contributed by atoms with Crippen LogP contribution in [0.5, 0.6) is 0 Å². The molecule has 0 bridgehead atoms. The van der Waals surface area contributed by atoms with Gasteiger partial charge in [0.1, 0.15) is 6.04 Å². The molecule has 1 aliphatic carbocycles. The number of hydrogen-bond donors (Lipinski definition) is 1. The minimum absolute atomic E-state index is 0.00516. The maximum absolute atomic E-state index is 13.1. The van der Waals surface area contributed by atoms with E-state index in [1.54, 1.807) is 4.90 Å². The van der Waals surface area contributed by atoms with Gasteiger partial charge in [0.2, 0.25) is 11.8 Å². The van der Waals surface area contributed by atoms with Gasteiger partial charge in [-0.2, -0.15) is 0 Å². The molecule has 4 nitrogen and oxygen atoms in total. The standard InChI is InChI=1S/C25H32N2O2S/c1-19-12-14-23(15-13-19)30-18-24(28)27(17-16-21-8-4-3-5-9-21)20(2)25(29)26-22-10-6-7-11-22/h3-5,8-9,12-15,20,22H,6-7,10-11,16-18H2,1-2H3,(H,26,29)/t20-/m0/s1. The summed E-state index contributed by atoms with van der Waals surface area (Å²) >= 11 is 1.53. The lowest BCUT2D eigenvalue weighted by molar-refractivity contribution is -0.138. The monoisotopic (exact) mass is 424 g/mol. The summed E-state index contributed by atoms with van der Waals surface area (Å²) in [6.45, 7) is 4.44. The van der Waals surface area contributed by atoms with Gasteiger partial charge in [-0.25, -0.2) is 0 Å². The zero-order valence-corrected chi connectivity index (χ0v) is 18.8. The maximum atomic E-state index is 13.1. The number of benzene rings is 2. The first-order valence-corrected chi connectivity index (χ1v) is 11.8. The molecule has 0 radical (unpaired) electrons. The van der Waals surface area contributed by atoms with Crippen LogP contribution in [0.3, 0.4) is 0 Å². The Bertz CT molecular complexity index is 817. The summed E-state index contributed by atoms with van der Waals surface area (Å²) < 4.78 is 0. The van der Waals surface area contributed by atoms with Crippen molar-refractivity contribution in [2.75, 3.05) is 12.3 Å². The molecule has 1 aliphatic rings. The van der Waals surface area contributed by atoms with Crippen LogP contribution >= 0.6 is 11.8 Å². The van der Waals surface area contributed by atoms with Crippen molar-refractivity contribution in [3.8, 4) is 0 Å². The van der Waals surface area contributed by atoms with Crippen LogP contribution in [0.15, 0.2) is 59.5 Å². The molecular weight excluding hydrogens is 392 g/mol. The Morgan fingerprint density at radius 3 is 2.40 bits per heavy atom. The molecule has 0 saturated heterocycles. The average molecular weight is 425 g/mol. The molecule has 0 aromatic heterocycles. The van der Waals surface area contributed by atoms with Gasteiger partial charge in [-0.05, 0) is 50.8 Å². The summed E-state index contributed by atoms with van der Waals surface area (Å²) in [6, 6.07) is 18.1. The van der Waals surface area contributed by atoms with Crippen LogP contribution in [0.1, 0.15) is 43.7 Å². The zero-order chi connectivity index (χ0) is 21.3. The maximum Gasteiger partial charge on any atom is 0.242 e. The van der Waals surface area contributed by atoms with Crippen molar-refractivity contribution in [2.24, 2.45) is 0 Å². The fraction of sp³-hybridized carbons (Fsp3) is 0.440. The van der Waals surface area contributed by atoms with Crippen LogP contribution in [-0.4, -0.2) is 41.1 Å². The second-order valence-corrected chi connectivity index (χ2v) is 9.14. The third kappa shape index (κ3) is 6.63. The third-order valence-corrected chi connectivity index (χ3v) is 6.73. The Kier molecular flexibility index (Phi) is 8.38. The van der Waals surface area contributed by atoms with Crippen molar-refractivity contribution in [1.29, 1.82) is 0 Å². The van der Waals surface area contributed by atoms with E-state index in [-0.39, 0.29) is 17.9 Å². The van der Waals surface area contributed by atoms with E-state index in [0.717, 1.165) is 24.2 Å². The van der Waals surface area contributed by atoms with Gasteiger partial charge in [0.25, 0.3) is 0 Å². The van der Waals surface area contributed by atoms with Gasteiger partial charge in [0, 0.05) is 17.5 Å². The summed E-state index contributed by atoms with van der Waals surface area (Å²) in [5.74, 6) is 0.299. The second-order valence-electron chi connectivity index (χ2n) is 8.09. The lowest BCUT2D eigenvalue weighted by atomic mass is 10.1. The molecule has 2 amide bonds. The predicted molar refractivity (Wildman–Crippen MR) is 124 cm³/mol. The molecule has 0 unspecified atom stereocenters. The number of aryl methyl sites for hydroxylation is 1. The van der Waals surface area contributed by atoms with Crippen molar-refractivity contribution in [3.05, 3.63) is 65.7 Å². The molecule has 30 heavy (non-hydrogen) atoms. The van der Waals surface area contributed by atoms with E-state index >= 15 is 0 Å². The first-order chi connectivity index (χ1) is 14.5. The van der Waals surface area contributed by atoms with Crippen LogP contribution < -0.4 is 5.32 Å². The van der Waals surface area contributed by atoms with Crippen molar-refractivity contribution >= 4 is 23.6 Å². The number of rotatable bonds is 9. The van der Waals surface area contributed by atoms with Gasteiger partial charge in [0.15, 0.2) is 0 Å². The highest BCUT2D eigenvalue weighted by Gasteiger charge is 2.28. The Morgan fingerprint density at radius 1 is 1.07 bits per heavy atom. The summed E-state index contributed by atoms with van der Waals surface area (Å²) in [4.78, 5) is 28.8. The fourth-order valence-electron chi connectivity index (χ4n) is 3.82. The first kappa shape index (κ1) is 22.4. The van der Waals surface area contributed by atoms with E-state index in [2.05, 4.69) is 36.5 Å². The largest absolute Gasteiger partial charge is 0.352 e. The van der Waals surface area contributed by atoms with Crippen LogP contribution in [0.4, 0.5) is 0 Å². The summed E-state index contributed by atoms with van der Waals surface area (Å²) in [5.41, 5.74) is 2.37. The molecular formula is C25H32N2O2S. The number of carbonyl (C=O) groups is 2. The van der Waals surface area contributed by atoms with Crippen molar-refractivity contribution < 1.29 is 9.59 Å². The van der Waals surface area contributed by atoms with Gasteiger partial charge in [0.05, 0.1) is 5.75 Å². The third-order valence-electron chi connectivity index (χ3n) is 5.74. The Morgan fingerprint density at radius 2 is 1.73 bits per heavy atom. The van der Waals surface area contributed by atoms with E-state index in [9.17, 15) is 9.59 Å². The van der Waals surface area contributed by atoms with Gasteiger partial charge in [-0.15, -0.1) is 11.8 Å². The zero-order valence-electron chi connectivity index (χ0n) is 18.0. The molecule has 0 heterocycles. The van der Waals surface area contributed by atoms with Crippen LogP contribution in [0, 0.1) is 6.92 Å². The average Bonchev–Trinajstić information content (AvgIpc) is 3.27. The van der Waals surface area contributed by atoms with E-state index in [0.29, 0.717) is 12.3 Å². The number of nitrogens with one attached hydrogen (secondary N) is 1. The summed E-state index contributed by atoms with van der Waals surface area (Å²) in [6.07, 6.45) is 5.16. The molecule has 3 rings (SSSR count). The van der Waals surface area contributed by atoms with Crippen LogP contribution in [0.2, 0.25) is 0 Å². The van der Waals surface area contributed by atoms with Gasteiger partial charge >= 0.3 is 0 Å². The molecule has 160 valence electrons. The Balaban J connectivity index is 1.64. The fourth-order valence-corrected chi connectivity index (χ4v) is 4.61. The normalized spacial score (nSPS) is 15.0. The number of nitrogens with zero attached hydrogens (tertiary/aromatic N) is 1. The number of thioether (sulfide) groups is 1. The molecule has 0 aliphatic heterocycles. The van der Waals surface area contributed by atoms with Gasteiger partial charge in [-0.1, -0.05) is 60.9 Å². The van der Waals surface area contributed by atoms with Crippen LogP contribution in [-0.2, 0) is 16.0 Å². The van der Waals surface area contributed by atoms with E-state index < -0.39 is 6.04 Å². The summed E-state index contributed by atoms with van der Waals surface area (Å²) in [7, 11) is 0. The smallest absolute Gasteiger partial charge is 0.242 e. The Hall–Kier alpha value is -2.27. The van der Waals surface area contributed by atoms with E-state index in [1.807, 2.05) is 37.3 Å². The molecule has 1 atom stereocenters. The highest BCUT2D eigenvalue weighted by molar-refractivity contribution is 8.00. The molecule has 1 saturated carbocycles. The van der Waals surface area contributed by atoms with Gasteiger partial charge < -0.3 is 10.2 Å². The van der Waals surface area contributed by atoms with E-state index in [1.165, 1.54) is 35.7 Å². The molecule has 1 fully saturated rings. The SMILES string of the molecule is Cc1ccc(SCC(=O)N(CCc2ccccc2)[C@@H](C)C(=O)NC2CCCC2)cc1. The lowest BCUT2D eigenvalue weighted by Gasteiger charge is -2.29. The lowest BCUT2D eigenvalue weighted by Crippen LogP contribution is -2.51. The number of amides is 2. The van der Waals surface area contributed by atoms with Crippen molar-refractivity contribution in [1.82, 2.24) is 10.2 Å². The minimum atomic E-state index is -0.472. The first-order valence-electron chi connectivity index (χ1n) is 10.9. The van der Waals surface area contributed by atoms with Gasteiger partial charge in [-0.3, -0.25) is 9.59 Å². The number of carbonyl (C=O) groups excluding carboxylic acids is 2. The molecule has 0 spiro atoms. The minimum Gasteiger partial charge on any atom is -0.352 e. The van der Waals surface area contributed by atoms with Crippen molar-refractivity contribution in [3.63, 3.8) is 0 Å². The Labute approximate surface area is 184 Å². The summed E-state index contributed by atoms with van der Waals surface area (Å²) in [5, 5.41) is 3.15. The predicted octanol–water partition coefficient (Wildman–Crippen LogP) is 4.61. The number of hydrogen-bond acceptors (Lipinski definition) is 3. The van der Waals surface area contributed by atoms with Crippen LogP contribution in [0.25, 0.3) is 0 Å². The molecule has 2 aromatic rings. The molecule has 2 aromatic carbocycles. The second kappa shape index (κ2) is 11.2. The highest BCUT2D eigenvalue weighted by Crippen LogP contribution is 2.21. The highest BCUT2D eigenvalue weighted by atomic mass is 32.2. The van der Waals surface area contributed by atoms with E-state index in [4.69, 9.17) is 0 Å². The topological polar surface area (TPSA) is 49.4 Å². The quantitative estimate of drug-likeness (QED) is 0.598.